The number of anilines is 1. The highest BCUT2D eigenvalue weighted by molar-refractivity contribution is 5.83. The molecule has 0 fully saturated rings. The Labute approximate surface area is 154 Å². The van der Waals surface area contributed by atoms with Gasteiger partial charge < -0.3 is 9.47 Å². The van der Waals surface area contributed by atoms with Crippen molar-refractivity contribution in [2.24, 2.45) is 5.10 Å². The third-order valence-corrected chi connectivity index (χ3v) is 3.39. The molecule has 0 aliphatic carbocycles. The standard InChI is InChI=1S/C17H18N4O6/c1-3-7-27-17-15(21(24)25)8-12(9-16(17)26-2)11-18-19-13-5-4-6-14(10-13)20(22)23/h4-6,8-11,19H,3,7H2,1-2H3. The van der Waals surface area contributed by atoms with Gasteiger partial charge in [0.1, 0.15) is 0 Å². The molecule has 1 N–H and O–H groups in total. The van der Waals surface area contributed by atoms with Crippen LogP contribution in [0, 0.1) is 20.2 Å². The second-order valence-corrected chi connectivity index (χ2v) is 5.35. The molecule has 10 heteroatoms. The van der Waals surface area contributed by atoms with E-state index in [-0.39, 0.29) is 22.9 Å². The first kappa shape index (κ1) is 19.6. The smallest absolute Gasteiger partial charge is 0.315 e. The lowest BCUT2D eigenvalue weighted by Gasteiger charge is -2.11. The molecule has 0 heterocycles. The van der Waals surface area contributed by atoms with Crippen LogP contribution in [-0.2, 0) is 0 Å². The first-order valence-electron chi connectivity index (χ1n) is 7.99. The summed E-state index contributed by atoms with van der Waals surface area (Å²) in [5, 5.41) is 26.1. The molecule has 27 heavy (non-hydrogen) atoms. The van der Waals surface area contributed by atoms with Crippen LogP contribution in [0.3, 0.4) is 0 Å². The Morgan fingerprint density at radius 3 is 2.59 bits per heavy atom. The fourth-order valence-electron chi connectivity index (χ4n) is 2.19. The monoisotopic (exact) mass is 374 g/mol. The molecule has 0 saturated heterocycles. The highest BCUT2D eigenvalue weighted by Crippen LogP contribution is 2.38. The summed E-state index contributed by atoms with van der Waals surface area (Å²) in [4.78, 5) is 21.1. The van der Waals surface area contributed by atoms with Crippen molar-refractivity contribution in [1.29, 1.82) is 0 Å². The molecule has 0 aromatic heterocycles. The van der Waals surface area contributed by atoms with Gasteiger partial charge in [0.05, 0.1) is 35.5 Å². The van der Waals surface area contributed by atoms with E-state index in [1.54, 1.807) is 12.1 Å². The molecule has 10 nitrogen and oxygen atoms in total. The molecule has 0 unspecified atom stereocenters. The van der Waals surface area contributed by atoms with Gasteiger partial charge in [-0.3, -0.25) is 25.7 Å². The molecule has 0 aliphatic heterocycles. The lowest BCUT2D eigenvalue weighted by molar-refractivity contribution is -0.386. The number of nitro benzene ring substituents is 2. The van der Waals surface area contributed by atoms with Gasteiger partial charge >= 0.3 is 5.69 Å². The fourth-order valence-corrected chi connectivity index (χ4v) is 2.19. The minimum Gasteiger partial charge on any atom is -0.493 e. The van der Waals surface area contributed by atoms with Crippen LogP contribution in [0.2, 0.25) is 0 Å². The van der Waals surface area contributed by atoms with Crippen molar-refractivity contribution in [3.63, 3.8) is 0 Å². The Balaban J connectivity index is 2.26. The number of hydrogen-bond acceptors (Lipinski definition) is 8. The zero-order valence-electron chi connectivity index (χ0n) is 14.7. The minimum atomic E-state index is -0.557. The molecule has 142 valence electrons. The van der Waals surface area contributed by atoms with E-state index in [9.17, 15) is 20.2 Å². The van der Waals surface area contributed by atoms with Crippen molar-refractivity contribution in [3.8, 4) is 11.5 Å². The van der Waals surface area contributed by atoms with E-state index in [4.69, 9.17) is 9.47 Å². The summed E-state index contributed by atoms with van der Waals surface area (Å²) in [6.07, 6.45) is 2.04. The van der Waals surface area contributed by atoms with E-state index in [0.29, 0.717) is 24.3 Å². The Hall–Kier alpha value is -3.69. The van der Waals surface area contributed by atoms with Crippen LogP contribution in [0.5, 0.6) is 11.5 Å². The zero-order valence-corrected chi connectivity index (χ0v) is 14.7. The number of nitrogens with one attached hydrogen (secondary N) is 1. The summed E-state index contributed by atoms with van der Waals surface area (Å²) in [6.45, 7) is 2.21. The van der Waals surface area contributed by atoms with Crippen LogP contribution in [-0.4, -0.2) is 29.8 Å². The number of hydrazone groups is 1. The molecular weight excluding hydrogens is 356 g/mol. The molecule has 0 amide bonds. The average Bonchev–Trinajstić information content (AvgIpc) is 2.66. The maximum atomic E-state index is 11.3. The lowest BCUT2D eigenvalue weighted by atomic mass is 10.2. The van der Waals surface area contributed by atoms with Crippen LogP contribution < -0.4 is 14.9 Å². The van der Waals surface area contributed by atoms with E-state index >= 15 is 0 Å². The fraction of sp³-hybridized carbons (Fsp3) is 0.235. The zero-order chi connectivity index (χ0) is 19.8. The summed E-state index contributed by atoms with van der Waals surface area (Å²) < 4.78 is 10.6. The first-order chi connectivity index (χ1) is 13.0. The minimum absolute atomic E-state index is 0.0631. The van der Waals surface area contributed by atoms with Crippen LogP contribution >= 0.6 is 0 Å². The van der Waals surface area contributed by atoms with Gasteiger partial charge in [-0.25, -0.2) is 0 Å². The van der Waals surface area contributed by atoms with Crippen molar-refractivity contribution in [1.82, 2.24) is 0 Å². The number of ether oxygens (including phenoxy) is 2. The Kier molecular flexibility index (Phi) is 6.64. The quantitative estimate of drug-likeness (QED) is 0.402. The summed E-state index contributed by atoms with van der Waals surface area (Å²) >= 11 is 0. The predicted molar refractivity (Wildman–Crippen MR) is 99.7 cm³/mol. The summed E-state index contributed by atoms with van der Waals surface area (Å²) in [7, 11) is 1.39. The van der Waals surface area contributed by atoms with Crippen molar-refractivity contribution in [2.75, 3.05) is 19.1 Å². The Morgan fingerprint density at radius 2 is 1.96 bits per heavy atom. The summed E-state index contributed by atoms with van der Waals surface area (Å²) in [6, 6.07) is 8.67. The molecule has 0 aliphatic rings. The van der Waals surface area contributed by atoms with Gasteiger partial charge in [-0.2, -0.15) is 5.10 Å². The molecule has 0 atom stereocenters. The Bertz CT molecular complexity index is 868. The number of nitro groups is 2. The van der Waals surface area contributed by atoms with Gasteiger partial charge in [-0.05, 0) is 18.6 Å². The number of benzene rings is 2. The largest absolute Gasteiger partial charge is 0.493 e. The van der Waals surface area contributed by atoms with E-state index in [0.717, 1.165) is 0 Å². The molecule has 0 bridgehead atoms. The number of non-ortho nitro benzene ring substituents is 1. The summed E-state index contributed by atoms with van der Waals surface area (Å²) in [5.41, 5.74) is 3.14. The third-order valence-electron chi connectivity index (χ3n) is 3.39. The van der Waals surface area contributed by atoms with E-state index in [1.807, 2.05) is 6.92 Å². The van der Waals surface area contributed by atoms with E-state index < -0.39 is 9.85 Å². The van der Waals surface area contributed by atoms with E-state index in [2.05, 4.69) is 10.5 Å². The van der Waals surface area contributed by atoms with Crippen molar-refractivity contribution < 1.29 is 19.3 Å². The lowest BCUT2D eigenvalue weighted by Crippen LogP contribution is -2.03. The van der Waals surface area contributed by atoms with Crippen LogP contribution in [0.1, 0.15) is 18.9 Å². The van der Waals surface area contributed by atoms with Crippen LogP contribution in [0.4, 0.5) is 17.1 Å². The maximum absolute atomic E-state index is 11.3. The van der Waals surface area contributed by atoms with Crippen molar-refractivity contribution in [3.05, 3.63) is 62.2 Å². The highest BCUT2D eigenvalue weighted by atomic mass is 16.6. The molecule has 0 saturated carbocycles. The normalized spacial score (nSPS) is 10.6. The van der Waals surface area contributed by atoms with Gasteiger partial charge in [-0.1, -0.05) is 13.0 Å². The predicted octanol–water partition coefficient (Wildman–Crippen LogP) is 3.75. The SMILES string of the molecule is CCCOc1c(OC)cc(C=NNc2cccc([N+](=O)[O-])c2)cc1[N+](=O)[O-]. The van der Waals surface area contributed by atoms with Gasteiger partial charge in [0, 0.05) is 23.8 Å². The maximum Gasteiger partial charge on any atom is 0.315 e. The number of rotatable bonds is 9. The number of methoxy groups -OCH3 is 1. The van der Waals surface area contributed by atoms with Gasteiger partial charge in [0.25, 0.3) is 5.69 Å². The number of nitrogens with zero attached hydrogens (tertiary/aromatic N) is 3. The average molecular weight is 374 g/mol. The molecule has 0 spiro atoms. The van der Waals surface area contributed by atoms with Crippen LogP contribution in [0.15, 0.2) is 41.5 Å². The third kappa shape index (κ3) is 5.14. The summed E-state index contributed by atoms with van der Waals surface area (Å²) in [5.74, 6) is 0.280. The highest BCUT2D eigenvalue weighted by Gasteiger charge is 2.21. The van der Waals surface area contributed by atoms with E-state index in [1.165, 1.54) is 37.6 Å². The van der Waals surface area contributed by atoms with Gasteiger partial charge in [0.15, 0.2) is 5.75 Å². The molecule has 2 aromatic carbocycles. The number of hydrogen-bond donors (Lipinski definition) is 1. The second kappa shape index (κ2) is 9.13. The second-order valence-electron chi connectivity index (χ2n) is 5.35. The first-order valence-corrected chi connectivity index (χ1v) is 7.99. The molecule has 2 rings (SSSR count). The molecule has 2 aromatic rings. The molecular formula is C17H18N4O6. The molecule has 0 radical (unpaired) electrons. The van der Waals surface area contributed by atoms with Crippen molar-refractivity contribution >= 4 is 23.3 Å². The Morgan fingerprint density at radius 1 is 1.19 bits per heavy atom. The topological polar surface area (TPSA) is 129 Å². The van der Waals surface area contributed by atoms with Gasteiger partial charge in [0.2, 0.25) is 5.75 Å². The van der Waals surface area contributed by atoms with Gasteiger partial charge in [-0.15, -0.1) is 0 Å². The van der Waals surface area contributed by atoms with Crippen LogP contribution in [0.25, 0.3) is 0 Å². The van der Waals surface area contributed by atoms with Crippen molar-refractivity contribution in [2.45, 2.75) is 13.3 Å².